The van der Waals surface area contributed by atoms with Crippen LogP contribution in [0.4, 0.5) is 0 Å². The van der Waals surface area contributed by atoms with Crippen LogP contribution in [-0.4, -0.2) is 36.5 Å². The van der Waals surface area contributed by atoms with Crippen LogP contribution in [0.25, 0.3) is 0 Å². The van der Waals surface area contributed by atoms with E-state index in [1.807, 2.05) is 0 Å². The summed E-state index contributed by atoms with van der Waals surface area (Å²) in [5.74, 6) is 0. The molecule has 0 radical (unpaired) electrons. The molecule has 0 aromatic heterocycles. The fourth-order valence-corrected chi connectivity index (χ4v) is 3.93. The van der Waals surface area contributed by atoms with Crippen molar-refractivity contribution >= 4 is 15.9 Å². The summed E-state index contributed by atoms with van der Waals surface area (Å²) in [5, 5.41) is 1.16. The van der Waals surface area contributed by atoms with Gasteiger partial charge < -0.3 is 28.5 Å². The number of nitrogens with zero attached hydrogens (tertiary/aromatic N) is 1. The summed E-state index contributed by atoms with van der Waals surface area (Å²) >= 11 is 3.63. The van der Waals surface area contributed by atoms with E-state index in [-0.39, 0.29) is 24.0 Å². The first kappa shape index (κ1) is 28.4. The Morgan fingerprint density at radius 2 is 0.840 bits per heavy atom. The highest BCUT2D eigenvalue weighted by molar-refractivity contribution is 9.09. The highest BCUT2D eigenvalue weighted by atomic mass is 127. The van der Waals surface area contributed by atoms with E-state index < -0.39 is 0 Å². The second-order valence-corrected chi connectivity index (χ2v) is 8.87. The molecule has 3 heteroatoms. The summed E-state index contributed by atoms with van der Waals surface area (Å²) in [6, 6.07) is 0. The van der Waals surface area contributed by atoms with Gasteiger partial charge in [0.15, 0.2) is 0 Å². The van der Waals surface area contributed by atoms with Gasteiger partial charge in [-0.05, 0) is 25.7 Å². The highest BCUT2D eigenvalue weighted by Crippen LogP contribution is 2.15. The van der Waals surface area contributed by atoms with Crippen molar-refractivity contribution in [2.75, 3.05) is 32.0 Å². The lowest BCUT2D eigenvalue weighted by Gasteiger charge is -2.35. The molecule has 0 rings (SSSR count). The van der Waals surface area contributed by atoms with Crippen molar-refractivity contribution in [3.05, 3.63) is 0 Å². The monoisotopic (exact) mass is 531 g/mol. The smallest absolute Gasteiger partial charge is 0.0792 e. The Labute approximate surface area is 185 Å². The first-order valence-corrected chi connectivity index (χ1v) is 12.2. The van der Waals surface area contributed by atoms with Gasteiger partial charge in [0.25, 0.3) is 0 Å². The number of quaternary nitrogens is 1. The van der Waals surface area contributed by atoms with Crippen LogP contribution in [0, 0.1) is 0 Å². The van der Waals surface area contributed by atoms with Gasteiger partial charge in [0.1, 0.15) is 0 Å². The molecule has 0 fully saturated rings. The van der Waals surface area contributed by atoms with Crippen LogP contribution in [0.15, 0.2) is 0 Å². The number of unbranched alkanes of at least 4 members (excludes halogenated alkanes) is 12. The molecule has 0 spiro atoms. The van der Waals surface area contributed by atoms with E-state index in [1.165, 1.54) is 120 Å². The minimum absolute atomic E-state index is 0. The maximum Gasteiger partial charge on any atom is 0.0792 e. The molecule has 0 aliphatic heterocycles. The van der Waals surface area contributed by atoms with Crippen molar-refractivity contribution in [2.45, 2.75) is 110 Å². The molecule has 0 heterocycles. The van der Waals surface area contributed by atoms with Gasteiger partial charge in [-0.3, -0.25) is 0 Å². The second-order valence-electron chi connectivity index (χ2n) is 8.08. The SMILES string of the molecule is CCCCCCCCC[N+](C)(CCCBr)CCCCCCCCC.[I-]. The highest BCUT2D eigenvalue weighted by Gasteiger charge is 2.19. The lowest BCUT2D eigenvalue weighted by molar-refractivity contribution is -0.910. The number of halogens is 2. The molecule has 0 aliphatic carbocycles. The lowest BCUT2D eigenvalue weighted by Crippen LogP contribution is -3.00. The van der Waals surface area contributed by atoms with Gasteiger partial charge in [-0.15, -0.1) is 0 Å². The van der Waals surface area contributed by atoms with Crippen LogP contribution in [-0.2, 0) is 0 Å². The molecule has 0 aromatic rings. The van der Waals surface area contributed by atoms with Gasteiger partial charge in [-0.2, -0.15) is 0 Å². The molecular formula is C22H47BrIN. The molecule has 0 unspecified atom stereocenters. The lowest BCUT2D eigenvalue weighted by atomic mass is 10.1. The molecule has 0 aliphatic rings. The van der Waals surface area contributed by atoms with Gasteiger partial charge in [0.05, 0.1) is 26.7 Å². The third-order valence-electron chi connectivity index (χ3n) is 5.43. The van der Waals surface area contributed by atoms with Crippen LogP contribution in [0.1, 0.15) is 110 Å². The number of rotatable bonds is 19. The predicted molar refractivity (Wildman–Crippen MR) is 115 cm³/mol. The third kappa shape index (κ3) is 19.7. The van der Waals surface area contributed by atoms with Gasteiger partial charge >= 0.3 is 0 Å². The first-order valence-electron chi connectivity index (χ1n) is 11.1. The average molecular weight is 532 g/mol. The molecule has 0 amide bonds. The Hall–Kier alpha value is 1.17. The molecule has 0 N–H and O–H groups in total. The van der Waals surface area contributed by atoms with Gasteiger partial charge in [0.2, 0.25) is 0 Å². The molecule has 1 nitrogen and oxygen atoms in total. The zero-order valence-corrected chi connectivity index (χ0v) is 21.4. The Kier molecular flexibility index (Phi) is 24.4. The molecular weight excluding hydrogens is 485 g/mol. The topological polar surface area (TPSA) is 0 Å². The zero-order valence-electron chi connectivity index (χ0n) is 17.6. The Morgan fingerprint density at radius 1 is 0.520 bits per heavy atom. The quantitative estimate of drug-likeness (QED) is 0.0978. The predicted octanol–water partition coefficient (Wildman–Crippen LogP) is 4.72. The minimum atomic E-state index is 0. The Bertz CT molecular complexity index is 230. The van der Waals surface area contributed by atoms with Gasteiger partial charge in [-0.25, -0.2) is 0 Å². The molecule has 0 bridgehead atoms. The van der Waals surface area contributed by atoms with E-state index in [0.29, 0.717) is 0 Å². The maximum atomic E-state index is 3.63. The van der Waals surface area contributed by atoms with E-state index in [9.17, 15) is 0 Å². The second kappa shape index (κ2) is 21.5. The Morgan fingerprint density at radius 3 is 1.20 bits per heavy atom. The normalized spacial score (nSPS) is 11.5. The number of hydrogen-bond acceptors (Lipinski definition) is 0. The van der Waals surface area contributed by atoms with E-state index in [0.717, 1.165) is 5.33 Å². The summed E-state index contributed by atoms with van der Waals surface area (Å²) in [4.78, 5) is 0. The molecule has 0 saturated carbocycles. The average Bonchev–Trinajstić information content (AvgIpc) is 2.58. The van der Waals surface area contributed by atoms with Crippen molar-refractivity contribution in [1.29, 1.82) is 0 Å². The maximum absolute atomic E-state index is 3.63. The largest absolute Gasteiger partial charge is 1.00 e. The molecule has 0 atom stereocenters. The van der Waals surface area contributed by atoms with Crippen molar-refractivity contribution in [1.82, 2.24) is 0 Å². The standard InChI is InChI=1S/C22H47BrN.HI/c1-4-6-8-10-12-14-16-20-24(3,22-18-19-23)21-17-15-13-11-9-7-5-2;/h4-22H2,1-3H3;1H/q+1;/p-1. The molecule has 25 heavy (non-hydrogen) atoms. The number of hydrogen-bond donors (Lipinski definition) is 0. The minimum Gasteiger partial charge on any atom is -1.00 e. The van der Waals surface area contributed by atoms with E-state index in [2.05, 4.69) is 36.8 Å². The van der Waals surface area contributed by atoms with Crippen molar-refractivity contribution in [3.63, 3.8) is 0 Å². The van der Waals surface area contributed by atoms with E-state index >= 15 is 0 Å². The summed E-state index contributed by atoms with van der Waals surface area (Å²) in [5.41, 5.74) is 0. The van der Waals surface area contributed by atoms with Gasteiger partial charge in [0, 0.05) is 11.8 Å². The van der Waals surface area contributed by atoms with Crippen LogP contribution in [0.2, 0.25) is 0 Å². The van der Waals surface area contributed by atoms with E-state index in [4.69, 9.17) is 0 Å². The third-order valence-corrected chi connectivity index (χ3v) is 6.00. The molecule has 0 saturated heterocycles. The van der Waals surface area contributed by atoms with Crippen LogP contribution in [0.5, 0.6) is 0 Å². The van der Waals surface area contributed by atoms with E-state index in [1.54, 1.807) is 0 Å². The fraction of sp³-hybridized carbons (Fsp3) is 1.00. The molecule has 154 valence electrons. The summed E-state index contributed by atoms with van der Waals surface area (Å²) in [6.45, 7) is 8.76. The van der Waals surface area contributed by atoms with Crippen molar-refractivity contribution in [3.8, 4) is 0 Å². The fourth-order valence-electron chi connectivity index (χ4n) is 3.68. The van der Waals surface area contributed by atoms with Crippen molar-refractivity contribution < 1.29 is 28.5 Å². The van der Waals surface area contributed by atoms with Crippen molar-refractivity contribution in [2.24, 2.45) is 0 Å². The van der Waals surface area contributed by atoms with Crippen LogP contribution >= 0.6 is 15.9 Å². The van der Waals surface area contributed by atoms with Gasteiger partial charge in [-0.1, -0.05) is 94.0 Å². The van der Waals surface area contributed by atoms with Crippen LogP contribution in [0.3, 0.4) is 0 Å². The zero-order chi connectivity index (χ0) is 17.9. The Balaban J connectivity index is 0. The summed E-state index contributed by atoms with van der Waals surface area (Å²) in [6.07, 6.45) is 21.4. The van der Waals surface area contributed by atoms with Crippen LogP contribution < -0.4 is 24.0 Å². The number of alkyl halides is 1. The summed E-state index contributed by atoms with van der Waals surface area (Å²) < 4.78 is 1.32. The molecule has 0 aromatic carbocycles. The first-order chi connectivity index (χ1) is 11.7. The summed E-state index contributed by atoms with van der Waals surface area (Å²) in [7, 11) is 2.51.